The van der Waals surface area contributed by atoms with Crippen LogP contribution in [0, 0.1) is 24.6 Å². The Morgan fingerprint density at radius 1 is 1.03 bits per heavy atom. The second-order valence-electron chi connectivity index (χ2n) is 19.1. The number of aryl methyl sites for hydroxylation is 2. The first kappa shape index (κ1) is 45.4. The van der Waals surface area contributed by atoms with E-state index >= 15 is 0 Å². The summed E-state index contributed by atoms with van der Waals surface area (Å²) in [5.74, 6) is -0.845. The lowest BCUT2D eigenvalue weighted by Gasteiger charge is -2.45. The number of nitrogens with two attached hydrogens (primary N) is 1. The predicted molar refractivity (Wildman–Crippen MR) is 252 cm³/mol. The molecule has 2 saturated heterocycles. The van der Waals surface area contributed by atoms with Crippen molar-refractivity contribution in [2.45, 2.75) is 104 Å². The molecule has 2 aromatic carbocycles. The Morgan fingerprint density at radius 2 is 1.78 bits per heavy atom. The molecule has 3 aliphatic rings. The molecule has 65 heavy (non-hydrogen) atoms. The fraction of sp³-hybridized carbons (Fsp3) is 0.469. The Labute approximate surface area is 387 Å². The minimum atomic E-state index is -0.843. The number of carbonyl (C=O) groups is 2. The molecule has 344 valence electrons. The number of aromatic nitrogens is 4. The van der Waals surface area contributed by atoms with Gasteiger partial charge in [-0.2, -0.15) is 5.10 Å². The maximum Gasteiger partial charge on any atom is 0.233 e. The molecule has 4 N–H and O–H groups in total. The standard InChI is InChI=1S/C49H58ClFN8O5S/c1-28-11-33(50)14-37(36-7-8-53-43-15-35(65-46(36)43)24-59-47(62)38-16-39(38)48(59)63)40(28)25-57-29(2)19-55(20-30(57)3)21-31-18-54-56(22-31)9-6-10-64-26-34(61)23-58-44-17-41(51)42(52)12-32(44)13-45(58)49(4,5)27-60/h7-8,11-15,17-18,22,29-30,34,38-39,60-61H,6,9-10,16,19-21,23-27,52H2,1-5H3/t29-,30-,34+,38?,39?/m0/s1. The molecule has 0 bridgehead atoms. The van der Waals surface area contributed by atoms with Crippen molar-refractivity contribution in [3.8, 4) is 11.1 Å². The molecule has 2 unspecified atom stereocenters. The van der Waals surface area contributed by atoms with Gasteiger partial charge in [0.15, 0.2) is 0 Å². The van der Waals surface area contributed by atoms with Crippen LogP contribution in [0.15, 0.2) is 61.1 Å². The van der Waals surface area contributed by atoms with Gasteiger partial charge in [-0.15, -0.1) is 11.3 Å². The van der Waals surface area contributed by atoms with Gasteiger partial charge in [0.05, 0.1) is 71.9 Å². The van der Waals surface area contributed by atoms with Crippen molar-refractivity contribution in [2.75, 3.05) is 38.6 Å². The number of ether oxygens (including phenoxy) is 1. The molecular weight excluding hydrogens is 867 g/mol. The van der Waals surface area contributed by atoms with E-state index in [1.807, 2.05) is 59.8 Å². The number of anilines is 1. The van der Waals surface area contributed by atoms with E-state index in [1.165, 1.54) is 16.5 Å². The molecule has 4 aromatic heterocycles. The topological polar surface area (TPSA) is 155 Å². The minimum absolute atomic E-state index is 0.0446. The first-order valence-corrected chi connectivity index (χ1v) is 23.7. The Balaban J connectivity index is 0.781. The molecule has 1 saturated carbocycles. The molecule has 3 fully saturated rings. The molecule has 0 radical (unpaired) electrons. The van der Waals surface area contributed by atoms with E-state index in [1.54, 1.807) is 17.4 Å². The van der Waals surface area contributed by atoms with Crippen LogP contribution in [0.2, 0.25) is 5.02 Å². The number of imide groups is 1. The number of pyridine rings is 1. The lowest BCUT2D eigenvalue weighted by Crippen LogP contribution is -2.55. The summed E-state index contributed by atoms with van der Waals surface area (Å²) in [5.41, 5.74) is 13.1. The average Bonchev–Trinajstić information content (AvgIpc) is 3.43. The number of benzene rings is 2. The van der Waals surface area contributed by atoms with Crippen LogP contribution in [-0.4, -0.2) is 107 Å². The van der Waals surface area contributed by atoms with Crippen LogP contribution in [0.3, 0.4) is 0 Å². The molecule has 13 nitrogen and oxygen atoms in total. The van der Waals surface area contributed by atoms with Crippen molar-refractivity contribution < 1.29 is 28.9 Å². The summed E-state index contributed by atoms with van der Waals surface area (Å²) in [5, 5.41) is 27.1. The Hall–Kier alpha value is -4.74. The maximum atomic E-state index is 14.5. The van der Waals surface area contributed by atoms with E-state index in [9.17, 15) is 24.2 Å². The zero-order valence-corrected chi connectivity index (χ0v) is 39.2. The number of nitrogen functional groups attached to an aromatic ring is 1. The largest absolute Gasteiger partial charge is 0.396 e. The SMILES string of the molecule is Cc1cc(Cl)cc(-c2ccnc3cc(CN4C(=O)C5CC5C4=O)sc23)c1CN1[C@@H](C)CN(Cc2cnn(CCCOC[C@H](O)Cn3c(C(C)(C)CO)cc4cc(N)c(F)cc43)c2)C[C@@H]1C. The smallest absolute Gasteiger partial charge is 0.233 e. The molecule has 6 aromatic rings. The van der Waals surface area contributed by atoms with Gasteiger partial charge in [0, 0.05) is 107 Å². The fourth-order valence-electron chi connectivity index (χ4n) is 9.97. The number of nitrogens with zero attached hydrogens (tertiary/aromatic N) is 7. The number of piperidine rings is 1. The third-order valence-corrected chi connectivity index (χ3v) is 14.9. The monoisotopic (exact) mass is 924 g/mol. The number of halogens is 2. The molecule has 0 spiro atoms. The van der Waals surface area contributed by atoms with Gasteiger partial charge in [-0.05, 0) is 86.7 Å². The van der Waals surface area contributed by atoms with Gasteiger partial charge < -0.3 is 25.3 Å². The van der Waals surface area contributed by atoms with Gasteiger partial charge in [0.25, 0.3) is 0 Å². The number of thiophene rings is 1. The van der Waals surface area contributed by atoms with Gasteiger partial charge in [-0.1, -0.05) is 25.4 Å². The van der Waals surface area contributed by atoms with Crippen molar-refractivity contribution in [3.05, 3.63) is 99.2 Å². The number of rotatable bonds is 17. The van der Waals surface area contributed by atoms with Crippen LogP contribution in [-0.2, 0) is 52.5 Å². The number of amides is 2. The predicted octanol–water partition coefficient (Wildman–Crippen LogP) is 7.14. The molecule has 6 heterocycles. The fourth-order valence-corrected chi connectivity index (χ4v) is 11.4. The minimum Gasteiger partial charge on any atom is -0.396 e. The average molecular weight is 926 g/mol. The number of aliphatic hydroxyl groups excluding tert-OH is 2. The van der Waals surface area contributed by atoms with Gasteiger partial charge in [0.2, 0.25) is 11.8 Å². The normalized spacial score (nSPS) is 21.0. The summed E-state index contributed by atoms with van der Waals surface area (Å²) in [7, 11) is 0. The van der Waals surface area contributed by atoms with E-state index in [0.29, 0.717) is 43.1 Å². The van der Waals surface area contributed by atoms with Crippen molar-refractivity contribution >= 4 is 61.6 Å². The molecule has 5 atom stereocenters. The van der Waals surface area contributed by atoms with E-state index in [-0.39, 0.29) is 61.2 Å². The molecule has 2 aliphatic heterocycles. The molecule has 1 aliphatic carbocycles. The highest BCUT2D eigenvalue weighted by Crippen LogP contribution is 2.48. The number of likely N-dealkylation sites (tertiary alicyclic amines) is 1. The Kier molecular flexibility index (Phi) is 12.7. The van der Waals surface area contributed by atoms with E-state index in [0.717, 1.165) is 74.6 Å². The summed E-state index contributed by atoms with van der Waals surface area (Å²) < 4.78 is 25.2. The van der Waals surface area contributed by atoms with Crippen LogP contribution in [0.25, 0.3) is 32.2 Å². The molecule has 16 heteroatoms. The summed E-state index contributed by atoms with van der Waals surface area (Å²) in [6.07, 6.45) is 6.44. The third-order valence-electron chi connectivity index (χ3n) is 13.6. The second kappa shape index (κ2) is 18.2. The van der Waals surface area contributed by atoms with Gasteiger partial charge >= 0.3 is 0 Å². The number of fused-ring (bicyclic) bond motifs is 3. The zero-order valence-electron chi connectivity index (χ0n) is 37.6. The highest BCUT2D eigenvalue weighted by molar-refractivity contribution is 7.19. The molecule has 9 rings (SSSR count). The first-order chi connectivity index (χ1) is 31.1. The highest BCUT2D eigenvalue weighted by atomic mass is 35.5. The number of hydrogen-bond donors (Lipinski definition) is 3. The van der Waals surface area contributed by atoms with Gasteiger partial charge in [-0.25, -0.2) is 4.39 Å². The summed E-state index contributed by atoms with van der Waals surface area (Å²) in [6, 6.07) is 13.6. The molecular formula is C49H58ClFN8O5S. The van der Waals surface area contributed by atoms with Crippen LogP contribution < -0.4 is 5.73 Å². The number of piperazine rings is 1. The van der Waals surface area contributed by atoms with Crippen LogP contribution in [0.1, 0.15) is 67.8 Å². The maximum absolute atomic E-state index is 14.5. The van der Waals surface area contributed by atoms with E-state index < -0.39 is 17.3 Å². The number of aliphatic hydroxyl groups is 2. The van der Waals surface area contributed by atoms with Crippen LogP contribution >= 0.6 is 22.9 Å². The summed E-state index contributed by atoms with van der Waals surface area (Å²) in [6.45, 7) is 15.5. The van der Waals surface area contributed by atoms with Crippen molar-refractivity contribution in [2.24, 2.45) is 11.8 Å². The second-order valence-corrected chi connectivity index (χ2v) is 20.7. The highest BCUT2D eigenvalue weighted by Gasteiger charge is 2.58. The quantitative estimate of drug-likeness (QED) is 0.0489. The summed E-state index contributed by atoms with van der Waals surface area (Å²) >= 11 is 8.34. The van der Waals surface area contributed by atoms with Crippen LogP contribution in [0.4, 0.5) is 10.1 Å². The number of hydrogen-bond acceptors (Lipinski definition) is 11. The lowest BCUT2D eigenvalue weighted by atomic mass is 9.90. The first-order valence-electron chi connectivity index (χ1n) is 22.6. The van der Waals surface area contributed by atoms with Crippen LogP contribution in [0.5, 0.6) is 0 Å². The zero-order chi connectivity index (χ0) is 45.9. The Bertz CT molecular complexity index is 2740. The van der Waals surface area contributed by atoms with Crippen molar-refractivity contribution in [3.63, 3.8) is 0 Å². The number of carbonyl (C=O) groups excluding carboxylic acids is 2. The lowest BCUT2D eigenvalue weighted by molar-refractivity contribution is -0.141. The Morgan fingerprint density at radius 3 is 2.52 bits per heavy atom. The van der Waals surface area contributed by atoms with Gasteiger partial charge in [-0.3, -0.25) is 34.0 Å². The van der Waals surface area contributed by atoms with Crippen molar-refractivity contribution in [1.82, 2.24) is 34.0 Å². The van der Waals surface area contributed by atoms with E-state index in [4.69, 9.17) is 22.1 Å². The van der Waals surface area contributed by atoms with E-state index in [2.05, 4.69) is 52.9 Å². The van der Waals surface area contributed by atoms with Gasteiger partial charge in [0.1, 0.15) is 5.82 Å². The van der Waals surface area contributed by atoms with Crippen molar-refractivity contribution in [1.29, 1.82) is 0 Å². The third kappa shape index (κ3) is 9.21. The summed E-state index contributed by atoms with van der Waals surface area (Å²) in [4.78, 5) is 37.6. The molecule has 2 amide bonds.